The number of fused-ring (bicyclic) bond motifs is 1. The summed E-state index contributed by atoms with van der Waals surface area (Å²) in [4.78, 5) is 32.6. The SMILES string of the molecule is Cc1cc2c(cc1C[C@@H](C(=O)O)N1CCN(C(=O)[C@@H]3CN(C(C)(C)C)C[C@H]3c3ccc(F)cc3F)[C@@H](C)C1)CCC2. The second-order valence-electron chi connectivity index (χ2n) is 13.3. The second kappa shape index (κ2) is 11.4. The number of carboxylic acid groups (broad SMARTS) is 1. The number of likely N-dealkylation sites (tertiary alicyclic amines) is 1. The number of amides is 1. The zero-order valence-electron chi connectivity index (χ0n) is 24.9. The molecule has 1 N–H and O–H groups in total. The summed E-state index contributed by atoms with van der Waals surface area (Å²) in [5.41, 5.74) is 5.11. The molecular formula is C33H43F2N3O3. The lowest BCUT2D eigenvalue weighted by atomic mass is 9.87. The quantitative estimate of drug-likeness (QED) is 0.543. The highest BCUT2D eigenvalue weighted by Gasteiger charge is 2.46. The maximum absolute atomic E-state index is 14.9. The lowest BCUT2D eigenvalue weighted by Crippen LogP contribution is -2.59. The molecule has 2 heterocycles. The van der Waals surface area contributed by atoms with Gasteiger partial charge in [0.1, 0.15) is 17.7 Å². The molecule has 0 aromatic heterocycles. The van der Waals surface area contributed by atoms with Crippen molar-refractivity contribution in [2.75, 3.05) is 32.7 Å². The van der Waals surface area contributed by atoms with Crippen LogP contribution in [0.25, 0.3) is 0 Å². The molecule has 1 aliphatic carbocycles. The molecule has 0 bridgehead atoms. The van der Waals surface area contributed by atoms with E-state index in [-0.39, 0.29) is 23.4 Å². The Labute approximate surface area is 242 Å². The summed E-state index contributed by atoms with van der Waals surface area (Å²) < 4.78 is 28.6. The number of carbonyl (C=O) groups excluding carboxylic acids is 1. The van der Waals surface area contributed by atoms with Gasteiger partial charge in [0.05, 0.1) is 5.92 Å². The number of hydrogen-bond acceptors (Lipinski definition) is 4. The summed E-state index contributed by atoms with van der Waals surface area (Å²) in [7, 11) is 0. The van der Waals surface area contributed by atoms with E-state index in [1.165, 1.54) is 23.3 Å². The molecule has 0 unspecified atom stereocenters. The van der Waals surface area contributed by atoms with Crippen molar-refractivity contribution in [1.29, 1.82) is 0 Å². The molecular weight excluding hydrogens is 524 g/mol. The van der Waals surface area contributed by atoms with Crippen molar-refractivity contribution in [2.45, 2.75) is 83.8 Å². The Kier molecular flexibility index (Phi) is 8.27. The summed E-state index contributed by atoms with van der Waals surface area (Å²) in [6.45, 7) is 12.6. The summed E-state index contributed by atoms with van der Waals surface area (Å²) in [5.74, 6) is -2.99. The van der Waals surface area contributed by atoms with Crippen LogP contribution in [0.4, 0.5) is 8.78 Å². The maximum atomic E-state index is 14.9. The Morgan fingerprint density at radius 3 is 2.37 bits per heavy atom. The van der Waals surface area contributed by atoms with E-state index in [9.17, 15) is 23.5 Å². The molecule has 2 aliphatic heterocycles. The van der Waals surface area contributed by atoms with Crippen LogP contribution in [0.3, 0.4) is 0 Å². The number of halogens is 2. The van der Waals surface area contributed by atoms with Crippen LogP contribution in [0, 0.1) is 24.5 Å². The average molecular weight is 568 g/mol. The number of aliphatic carboxylic acids is 1. The minimum Gasteiger partial charge on any atom is -0.480 e. The molecule has 1 amide bonds. The van der Waals surface area contributed by atoms with Gasteiger partial charge in [-0.05, 0) is 94.2 Å². The topological polar surface area (TPSA) is 64.1 Å². The maximum Gasteiger partial charge on any atom is 0.321 e. The van der Waals surface area contributed by atoms with Crippen LogP contribution in [0.15, 0.2) is 30.3 Å². The fourth-order valence-electron chi connectivity index (χ4n) is 7.13. The normalized spacial score (nSPS) is 24.5. The first kappa shape index (κ1) is 29.6. The molecule has 2 aromatic rings. The standard InChI is InChI=1S/C33H43F2N3O3/c1-20-13-22-7-6-8-23(22)14-24(20)15-30(32(40)41)36-11-12-38(21(2)17-36)31(39)28-19-37(33(3,4)5)18-27(28)26-10-9-25(34)16-29(26)35/h9-10,13-14,16,21,27-28,30H,6-8,11-12,15,17-19H2,1-5H3,(H,40,41)/t21-,27-,28+,30-/m0/s1. The van der Waals surface area contributed by atoms with Gasteiger partial charge in [-0.2, -0.15) is 0 Å². The molecule has 4 atom stereocenters. The molecule has 2 saturated heterocycles. The Balaban J connectivity index is 1.32. The van der Waals surface area contributed by atoms with Crippen LogP contribution < -0.4 is 0 Å². The van der Waals surface area contributed by atoms with Gasteiger partial charge in [0, 0.05) is 56.3 Å². The fourth-order valence-corrected chi connectivity index (χ4v) is 7.13. The van der Waals surface area contributed by atoms with Crippen molar-refractivity contribution in [1.82, 2.24) is 14.7 Å². The molecule has 3 aliphatic rings. The Morgan fingerprint density at radius 1 is 1.02 bits per heavy atom. The van der Waals surface area contributed by atoms with Crippen LogP contribution in [0.1, 0.15) is 67.9 Å². The molecule has 222 valence electrons. The number of hydrogen-bond donors (Lipinski definition) is 1. The van der Waals surface area contributed by atoms with Gasteiger partial charge in [0.15, 0.2) is 0 Å². The van der Waals surface area contributed by atoms with E-state index in [2.05, 4.69) is 44.7 Å². The summed E-state index contributed by atoms with van der Waals surface area (Å²) in [5, 5.41) is 10.2. The van der Waals surface area contributed by atoms with E-state index in [1.54, 1.807) is 0 Å². The zero-order chi connectivity index (χ0) is 29.6. The third kappa shape index (κ3) is 6.05. The third-order valence-electron chi connectivity index (χ3n) is 9.58. The number of benzene rings is 2. The molecule has 2 fully saturated rings. The van der Waals surface area contributed by atoms with E-state index >= 15 is 0 Å². The smallest absolute Gasteiger partial charge is 0.321 e. The molecule has 41 heavy (non-hydrogen) atoms. The number of aryl methyl sites for hydroxylation is 3. The lowest BCUT2D eigenvalue weighted by Gasteiger charge is -2.43. The fraction of sp³-hybridized carbons (Fsp3) is 0.576. The minimum absolute atomic E-state index is 0.0426. The Hall–Kier alpha value is -2.84. The molecule has 0 saturated carbocycles. The Morgan fingerprint density at radius 2 is 1.73 bits per heavy atom. The first-order valence-corrected chi connectivity index (χ1v) is 14.9. The van der Waals surface area contributed by atoms with Crippen molar-refractivity contribution < 1.29 is 23.5 Å². The number of piperazine rings is 1. The van der Waals surface area contributed by atoms with Crippen molar-refractivity contribution in [3.05, 3.63) is 69.8 Å². The van der Waals surface area contributed by atoms with Gasteiger partial charge in [0.2, 0.25) is 5.91 Å². The van der Waals surface area contributed by atoms with E-state index in [1.807, 2.05) is 16.7 Å². The largest absolute Gasteiger partial charge is 0.480 e. The summed E-state index contributed by atoms with van der Waals surface area (Å²) in [6, 6.07) is 7.19. The van der Waals surface area contributed by atoms with Crippen LogP contribution in [-0.4, -0.2) is 82.0 Å². The number of carbonyl (C=O) groups is 2. The van der Waals surface area contributed by atoms with Crippen LogP contribution >= 0.6 is 0 Å². The van der Waals surface area contributed by atoms with Gasteiger partial charge in [0.25, 0.3) is 0 Å². The van der Waals surface area contributed by atoms with E-state index < -0.39 is 29.6 Å². The third-order valence-corrected chi connectivity index (χ3v) is 9.58. The Bertz CT molecular complexity index is 1320. The van der Waals surface area contributed by atoms with Crippen LogP contribution in [-0.2, 0) is 28.9 Å². The van der Waals surface area contributed by atoms with Gasteiger partial charge >= 0.3 is 5.97 Å². The number of rotatable bonds is 6. The summed E-state index contributed by atoms with van der Waals surface area (Å²) >= 11 is 0. The van der Waals surface area contributed by atoms with E-state index in [0.29, 0.717) is 44.7 Å². The van der Waals surface area contributed by atoms with Gasteiger partial charge in [-0.3, -0.25) is 19.4 Å². The lowest BCUT2D eigenvalue weighted by molar-refractivity contribution is -0.147. The predicted molar refractivity (Wildman–Crippen MR) is 155 cm³/mol. The van der Waals surface area contributed by atoms with Gasteiger partial charge in [-0.25, -0.2) is 8.78 Å². The summed E-state index contributed by atoms with van der Waals surface area (Å²) in [6.07, 6.45) is 3.73. The average Bonchev–Trinajstić information content (AvgIpc) is 3.53. The van der Waals surface area contributed by atoms with Gasteiger partial charge in [-0.15, -0.1) is 0 Å². The second-order valence-corrected chi connectivity index (χ2v) is 13.3. The van der Waals surface area contributed by atoms with Gasteiger partial charge in [-0.1, -0.05) is 18.2 Å². The van der Waals surface area contributed by atoms with Crippen LogP contribution in [0.5, 0.6) is 0 Å². The molecule has 6 nitrogen and oxygen atoms in total. The first-order valence-electron chi connectivity index (χ1n) is 14.9. The van der Waals surface area contributed by atoms with Gasteiger partial charge < -0.3 is 10.0 Å². The van der Waals surface area contributed by atoms with Crippen molar-refractivity contribution in [2.24, 2.45) is 5.92 Å². The van der Waals surface area contributed by atoms with E-state index in [0.717, 1.165) is 36.5 Å². The molecule has 2 aromatic carbocycles. The zero-order valence-corrected chi connectivity index (χ0v) is 24.9. The highest BCUT2D eigenvalue weighted by molar-refractivity contribution is 5.81. The minimum atomic E-state index is -0.847. The number of nitrogens with zero attached hydrogens (tertiary/aromatic N) is 3. The van der Waals surface area contributed by atoms with E-state index in [4.69, 9.17) is 0 Å². The highest BCUT2D eigenvalue weighted by Crippen LogP contribution is 2.39. The highest BCUT2D eigenvalue weighted by atomic mass is 19.1. The number of carboxylic acids is 1. The van der Waals surface area contributed by atoms with Crippen LogP contribution in [0.2, 0.25) is 0 Å². The monoisotopic (exact) mass is 567 g/mol. The first-order chi connectivity index (χ1) is 19.3. The molecule has 0 spiro atoms. The van der Waals surface area contributed by atoms with Crippen molar-refractivity contribution >= 4 is 11.9 Å². The predicted octanol–water partition coefficient (Wildman–Crippen LogP) is 4.80. The molecule has 8 heteroatoms. The molecule has 5 rings (SSSR count). The molecule has 0 radical (unpaired) electrons. The van der Waals surface area contributed by atoms with Crippen molar-refractivity contribution in [3.8, 4) is 0 Å². The van der Waals surface area contributed by atoms with Crippen molar-refractivity contribution in [3.63, 3.8) is 0 Å².